The highest BCUT2D eigenvalue weighted by Gasteiger charge is 2.16. The fraction of sp³-hybridized carbons (Fsp3) is 0.0323. The minimum Gasteiger partial charge on any atom is -0.337 e. The third-order valence-corrected chi connectivity index (χ3v) is 6.70. The van der Waals surface area contributed by atoms with Gasteiger partial charge in [0.25, 0.3) is 0 Å². The van der Waals surface area contributed by atoms with Gasteiger partial charge in [0.2, 0.25) is 5.91 Å². The van der Waals surface area contributed by atoms with E-state index in [1.165, 1.54) is 0 Å². The van der Waals surface area contributed by atoms with Gasteiger partial charge in [-0.2, -0.15) is 5.10 Å². The van der Waals surface area contributed by atoms with E-state index in [0.29, 0.717) is 22.9 Å². The summed E-state index contributed by atoms with van der Waals surface area (Å²) in [5.41, 5.74) is 8.34. The van der Waals surface area contributed by atoms with E-state index in [2.05, 4.69) is 35.5 Å². The molecular weight excluding hydrogens is 500 g/mol. The summed E-state index contributed by atoms with van der Waals surface area (Å²) in [6.07, 6.45) is 8.93. The van der Waals surface area contributed by atoms with Crippen molar-refractivity contribution < 1.29 is 4.79 Å². The van der Waals surface area contributed by atoms with Gasteiger partial charge in [-0.1, -0.05) is 42.5 Å². The second kappa shape index (κ2) is 9.88. The molecule has 2 aromatic carbocycles. The average molecular weight is 523 g/mol. The molecule has 7 aromatic rings. The van der Waals surface area contributed by atoms with Crippen molar-refractivity contribution in [2.45, 2.75) is 6.42 Å². The van der Waals surface area contributed by atoms with Crippen molar-refractivity contribution in [2.75, 3.05) is 5.32 Å². The first-order chi connectivity index (χ1) is 19.7. The minimum atomic E-state index is -0.110. The quantitative estimate of drug-likeness (QED) is 0.253. The molecule has 0 saturated heterocycles. The summed E-state index contributed by atoms with van der Waals surface area (Å²) in [5, 5.41) is 11.4. The molecule has 5 aromatic heterocycles. The number of carbonyl (C=O) groups excluding carboxylic acids is 1. The van der Waals surface area contributed by atoms with Gasteiger partial charge >= 0.3 is 0 Å². The molecule has 0 atom stereocenters. The molecule has 0 aliphatic heterocycles. The van der Waals surface area contributed by atoms with Gasteiger partial charge in [0.15, 0.2) is 5.82 Å². The Labute approximate surface area is 228 Å². The monoisotopic (exact) mass is 522 g/mol. The van der Waals surface area contributed by atoms with Crippen molar-refractivity contribution in [2.24, 2.45) is 0 Å². The number of H-pyrrole nitrogens is 2. The number of fused-ring (bicyclic) bond motifs is 2. The number of pyridine rings is 3. The van der Waals surface area contributed by atoms with Crippen molar-refractivity contribution in [1.82, 2.24) is 35.1 Å². The Balaban J connectivity index is 1.21. The van der Waals surface area contributed by atoms with Crippen molar-refractivity contribution in [3.05, 3.63) is 109 Å². The molecule has 9 nitrogen and oxygen atoms in total. The molecule has 0 radical (unpaired) electrons. The number of benzene rings is 2. The summed E-state index contributed by atoms with van der Waals surface area (Å²) in [4.78, 5) is 34.0. The number of rotatable bonds is 6. The van der Waals surface area contributed by atoms with Crippen molar-refractivity contribution >= 4 is 33.5 Å². The number of aromatic amines is 2. The maximum atomic E-state index is 12.6. The highest BCUT2D eigenvalue weighted by Crippen LogP contribution is 2.32. The largest absolute Gasteiger partial charge is 0.337 e. The molecule has 3 N–H and O–H groups in total. The number of nitrogens with zero attached hydrogens (tertiary/aromatic N) is 5. The summed E-state index contributed by atoms with van der Waals surface area (Å²) >= 11 is 0. The topological polar surface area (TPSA) is 125 Å². The number of imidazole rings is 1. The van der Waals surface area contributed by atoms with Gasteiger partial charge in [0.05, 0.1) is 46.7 Å². The number of carbonyl (C=O) groups is 1. The second-order valence-electron chi connectivity index (χ2n) is 9.38. The van der Waals surface area contributed by atoms with Crippen LogP contribution in [0.1, 0.15) is 5.56 Å². The first-order valence-electron chi connectivity index (χ1n) is 12.7. The van der Waals surface area contributed by atoms with E-state index in [-0.39, 0.29) is 12.3 Å². The van der Waals surface area contributed by atoms with E-state index >= 15 is 0 Å². The van der Waals surface area contributed by atoms with Gasteiger partial charge in [-0.15, -0.1) is 0 Å². The Kier molecular flexibility index (Phi) is 5.78. The SMILES string of the molecule is O=C(Cc1ccccc1)Nc1cncc(-c2cc3c(-c4nc5c(-c6ccncc6)cccc5[nH]4)n[nH]c3cn2)c1. The van der Waals surface area contributed by atoms with Crippen LogP contribution in [0.3, 0.4) is 0 Å². The van der Waals surface area contributed by atoms with Crippen molar-refractivity contribution in [3.8, 4) is 33.9 Å². The molecule has 0 aliphatic rings. The van der Waals surface area contributed by atoms with Crippen LogP contribution in [0.25, 0.3) is 55.8 Å². The lowest BCUT2D eigenvalue weighted by molar-refractivity contribution is -0.115. The summed E-state index contributed by atoms with van der Waals surface area (Å²) < 4.78 is 0. The zero-order chi connectivity index (χ0) is 26.9. The smallest absolute Gasteiger partial charge is 0.228 e. The van der Waals surface area contributed by atoms with Crippen LogP contribution in [0, 0.1) is 0 Å². The molecule has 7 rings (SSSR count). The fourth-order valence-corrected chi connectivity index (χ4v) is 4.80. The van der Waals surface area contributed by atoms with Gasteiger partial charge < -0.3 is 10.3 Å². The highest BCUT2D eigenvalue weighted by atomic mass is 16.1. The number of hydrogen-bond acceptors (Lipinski definition) is 6. The lowest BCUT2D eigenvalue weighted by atomic mass is 10.1. The Bertz CT molecular complexity index is 1980. The Morgan fingerprint density at radius 3 is 2.58 bits per heavy atom. The van der Waals surface area contributed by atoms with Gasteiger partial charge in [-0.3, -0.25) is 24.8 Å². The van der Waals surface area contributed by atoms with Crippen LogP contribution >= 0.6 is 0 Å². The van der Waals surface area contributed by atoms with Crippen LogP contribution in [0.5, 0.6) is 0 Å². The molecule has 0 aliphatic carbocycles. The Morgan fingerprint density at radius 2 is 1.70 bits per heavy atom. The lowest BCUT2D eigenvalue weighted by Crippen LogP contribution is -2.14. The van der Waals surface area contributed by atoms with Crippen LogP contribution in [0.2, 0.25) is 0 Å². The number of hydrogen-bond donors (Lipinski definition) is 3. The van der Waals surface area contributed by atoms with Gasteiger partial charge in [0, 0.05) is 35.1 Å². The third kappa shape index (κ3) is 4.45. The molecule has 0 fully saturated rings. The number of aromatic nitrogens is 7. The molecule has 192 valence electrons. The maximum absolute atomic E-state index is 12.6. The third-order valence-electron chi connectivity index (χ3n) is 6.70. The van der Waals surface area contributed by atoms with E-state index in [0.717, 1.165) is 44.2 Å². The van der Waals surface area contributed by atoms with Crippen LogP contribution in [0.15, 0.2) is 104 Å². The molecule has 9 heteroatoms. The number of amides is 1. The van der Waals surface area contributed by atoms with Crippen molar-refractivity contribution in [1.29, 1.82) is 0 Å². The summed E-state index contributed by atoms with van der Waals surface area (Å²) in [6.45, 7) is 0. The first kappa shape index (κ1) is 23.4. The molecule has 0 saturated carbocycles. The summed E-state index contributed by atoms with van der Waals surface area (Å²) in [6, 6.07) is 23.4. The minimum absolute atomic E-state index is 0.110. The molecule has 40 heavy (non-hydrogen) atoms. The van der Waals surface area contributed by atoms with E-state index < -0.39 is 0 Å². The van der Waals surface area contributed by atoms with Crippen LogP contribution in [-0.4, -0.2) is 41.0 Å². The van der Waals surface area contributed by atoms with E-state index in [1.54, 1.807) is 31.0 Å². The molecule has 1 amide bonds. The molecule has 0 unspecified atom stereocenters. The second-order valence-corrected chi connectivity index (χ2v) is 9.38. The maximum Gasteiger partial charge on any atom is 0.228 e. The average Bonchev–Trinajstić information content (AvgIpc) is 3.62. The van der Waals surface area contributed by atoms with E-state index in [1.807, 2.05) is 72.8 Å². The Morgan fingerprint density at radius 1 is 0.825 bits per heavy atom. The predicted octanol–water partition coefficient (Wildman–Crippen LogP) is 5.81. The van der Waals surface area contributed by atoms with E-state index in [9.17, 15) is 4.79 Å². The molecule has 5 heterocycles. The number of para-hydroxylation sites is 1. The van der Waals surface area contributed by atoms with Gasteiger partial charge in [-0.25, -0.2) is 4.98 Å². The van der Waals surface area contributed by atoms with E-state index in [4.69, 9.17) is 4.98 Å². The predicted molar refractivity (Wildman–Crippen MR) is 154 cm³/mol. The molecule has 0 spiro atoms. The van der Waals surface area contributed by atoms with Gasteiger partial charge in [-0.05, 0) is 41.5 Å². The first-order valence-corrected chi connectivity index (χ1v) is 12.7. The van der Waals surface area contributed by atoms with Crippen LogP contribution in [-0.2, 0) is 11.2 Å². The number of nitrogens with one attached hydrogen (secondary N) is 3. The fourth-order valence-electron chi connectivity index (χ4n) is 4.80. The lowest BCUT2D eigenvalue weighted by Gasteiger charge is -2.07. The zero-order valence-corrected chi connectivity index (χ0v) is 21.2. The zero-order valence-electron chi connectivity index (χ0n) is 21.2. The van der Waals surface area contributed by atoms with Crippen molar-refractivity contribution in [3.63, 3.8) is 0 Å². The highest BCUT2D eigenvalue weighted by molar-refractivity contribution is 5.98. The molecular formula is C31H22N8O. The Hall–Kier alpha value is -5.70. The summed E-state index contributed by atoms with van der Waals surface area (Å²) in [5.74, 6) is 0.543. The van der Waals surface area contributed by atoms with Gasteiger partial charge in [0.1, 0.15) is 5.69 Å². The summed E-state index contributed by atoms with van der Waals surface area (Å²) in [7, 11) is 0. The molecule has 0 bridgehead atoms. The number of anilines is 1. The van der Waals surface area contributed by atoms with Crippen LogP contribution < -0.4 is 5.32 Å². The van der Waals surface area contributed by atoms with Crippen LogP contribution in [0.4, 0.5) is 5.69 Å². The standard InChI is InChI=1S/C31H22N8O/c40-28(13-19-5-2-1-3-6-19)35-22-14-21(16-33-17-22)26-15-24-27(18-34-26)38-39-30(24)31-36-25-8-4-7-23(29(25)37-31)20-9-11-32-12-10-20/h1-12,14-18H,13H2,(H,35,40)(H,36,37)(H,38,39). The normalized spacial score (nSPS) is 11.2.